The molecule has 0 aliphatic rings. The molecule has 0 amide bonds. The summed E-state index contributed by atoms with van der Waals surface area (Å²) in [4.78, 5) is 5.42. The van der Waals surface area contributed by atoms with Gasteiger partial charge in [0.25, 0.3) is 0 Å². The van der Waals surface area contributed by atoms with Crippen LogP contribution >= 0.6 is 11.3 Å². The van der Waals surface area contributed by atoms with Gasteiger partial charge in [-0.3, -0.25) is 4.98 Å². The van der Waals surface area contributed by atoms with Crippen molar-refractivity contribution in [1.29, 1.82) is 0 Å². The number of aryl methyl sites for hydroxylation is 1. The van der Waals surface area contributed by atoms with E-state index in [0.717, 1.165) is 57.1 Å². The summed E-state index contributed by atoms with van der Waals surface area (Å²) < 4.78 is 2.88. The minimum atomic E-state index is -3.15. The number of rotatable bonds is 20. The molecule has 0 atom stereocenters. The zero-order chi connectivity index (χ0) is 49.9. The van der Waals surface area contributed by atoms with E-state index in [1.165, 1.54) is 70.9 Å². The van der Waals surface area contributed by atoms with Gasteiger partial charge < -0.3 is 0 Å². The fraction of sp³-hybridized carbons (Fsp3) is 0.470. The van der Waals surface area contributed by atoms with E-state index < -0.39 is 8.07 Å². The van der Waals surface area contributed by atoms with E-state index in [4.69, 9.17) is 4.98 Å². The standard InChI is InChI=1S/C66H87NSSi/c1-17-66(16,18-2)62-41-56(40-55-21-19-20-22-61(55)62)63-64-60(23-24-67-63)48(15)65(68-64)69(57-34-49(25-42(3)4)31-50(35-57)26-43(5)6,58-36-51(27-44(7)8)32-52(37-58)28-45(9)10)59-38-53(29-46(11)12)33-54(39-59)30-47(13)14/h19-24,31-47H,17-18,25-30H2,1-16H3. The van der Waals surface area contributed by atoms with Gasteiger partial charge in [-0.1, -0.05) is 183 Å². The molecule has 0 aliphatic heterocycles. The molecule has 5 aromatic carbocycles. The van der Waals surface area contributed by atoms with Crippen LogP contribution in [0.2, 0.25) is 0 Å². The van der Waals surface area contributed by atoms with E-state index in [1.807, 2.05) is 0 Å². The minimum absolute atomic E-state index is 0.0557. The van der Waals surface area contributed by atoms with Crippen molar-refractivity contribution in [3.8, 4) is 11.3 Å². The topological polar surface area (TPSA) is 12.9 Å². The number of aromatic nitrogens is 1. The van der Waals surface area contributed by atoms with E-state index in [1.54, 1.807) is 20.1 Å². The normalized spacial score (nSPS) is 12.7. The summed E-state index contributed by atoms with van der Waals surface area (Å²) >= 11 is 2.08. The SMILES string of the molecule is CCC(C)(CC)c1cc(-c2nccc3c(C)c([Si](c4cc(CC(C)C)cc(CC(C)C)c4)(c4cc(CC(C)C)cc(CC(C)C)c4)c4cc(CC(C)C)cc(CC(C)C)c4)sc23)cc2ccccc12. The van der Waals surface area contributed by atoms with Gasteiger partial charge in [0.05, 0.1) is 10.4 Å². The first-order valence-electron chi connectivity index (χ1n) is 27.1. The van der Waals surface area contributed by atoms with Crippen LogP contribution in [-0.4, -0.2) is 13.1 Å². The second-order valence-electron chi connectivity index (χ2n) is 24.1. The van der Waals surface area contributed by atoms with Crippen molar-refractivity contribution in [2.75, 3.05) is 0 Å². The lowest BCUT2D eigenvalue weighted by atomic mass is 9.75. The van der Waals surface area contributed by atoms with Crippen molar-refractivity contribution in [3.63, 3.8) is 0 Å². The minimum Gasteiger partial charge on any atom is -0.255 e. The summed E-state index contributed by atoms with van der Waals surface area (Å²) in [6, 6.07) is 40.3. The third-order valence-corrected chi connectivity index (χ3v) is 21.7. The Kier molecular flexibility index (Phi) is 16.7. The van der Waals surface area contributed by atoms with Crippen LogP contribution in [0.25, 0.3) is 32.1 Å². The van der Waals surface area contributed by atoms with Crippen molar-refractivity contribution in [3.05, 3.63) is 148 Å². The number of hydrogen-bond acceptors (Lipinski definition) is 2. The maximum absolute atomic E-state index is 5.42. The van der Waals surface area contributed by atoms with Crippen LogP contribution in [-0.2, 0) is 43.9 Å². The number of pyridine rings is 1. The quantitative estimate of drug-likeness (QED) is 0.0548. The largest absolute Gasteiger partial charge is 0.255 e. The first kappa shape index (κ1) is 52.5. The first-order chi connectivity index (χ1) is 32.7. The second kappa shape index (κ2) is 22.0. The molecule has 0 N–H and O–H groups in total. The highest BCUT2D eigenvalue weighted by atomic mass is 32.1. The average molecular weight is 955 g/mol. The molecule has 3 heteroatoms. The Hall–Kier alpha value is -4.31. The van der Waals surface area contributed by atoms with Crippen molar-refractivity contribution < 1.29 is 0 Å². The molecule has 0 radical (unpaired) electrons. The number of benzene rings is 5. The molecule has 366 valence electrons. The predicted molar refractivity (Wildman–Crippen MR) is 310 cm³/mol. The Morgan fingerprint density at radius 2 is 0.884 bits per heavy atom. The van der Waals surface area contributed by atoms with Gasteiger partial charge in [-0.05, 0) is 194 Å². The van der Waals surface area contributed by atoms with Gasteiger partial charge in [0.15, 0.2) is 8.07 Å². The van der Waals surface area contributed by atoms with Crippen LogP contribution in [0.3, 0.4) is 0 Å². The van der Waals surface area contributed by atoms with Crippen molar-refractivity contribution in [1.82, 2.24) is 4.98 Å². The second-order valence-corrected chi connectivity index (χ2v) is 29.2. The lowest BCUT2D eigenvalue weighted by Crippen LogP contribution is -2.75. The third kappa shape index (κ3) is 11.6. The summed E-state index contributed by atoms with van der Waals surface area (Å²) in [5, 5.41) is 8.65. The van der Waals surface area contributed by atoms with Crippen LogP contribution < -0.4 is 20.1 Å². The van der Waals surface area contributed by atoms with E-state index in [0.29, 0.717) is 35.5 Å². The highest BCUT2D eigenvalue weighted by Gasteiger charge is 2.46. The highest BCUT2D eigenvalue weighted by molar-refractivity contribution is 7.40. The fourth-order valence-electron chi connectivity index (χ4n) is 11.7. The molecule has 0 saturated carbocycles. The summed E-state index contributed by atoms with van der Waals surface area (Å²) in [6.07, 6.45) is 10.7. The maximum Gasteiger partial charge on any atom is 0.191 e. The van der Waals surface area contributed by atoms with Crippen molar-refractivity contribution in [2.24, 2.45) is 35.5 Å². The Morgan fingerprint density at radius 3 is 1.26 bits per heavy atom. The van der Waals surface area contributed by atoms with Crippen molar-refractivity contribution >= 4 is 60.3 Å². The number of fused-ring (bicyclic) bond motifs is 2. The lowest BCUT2D eigenvalue weighted by Gasteiger charge is -2.36. The molecular weight excluding hydrogens is 867 g/mol. The van der Waals surface area contributed by atoms with Crippen LogP contribution in [0.5, 0.6) is 0 Å². The van der Waals surface area contributed by atoms with Crippen molar-refractivity contribution in [2.45, 2.75) is 168 Å². The maximum atomic E-state index is 5.42. The molecule has 0 aliphatic carbocycles. The summed E-state index contributed by atoms with van der Waals surface area (Å²) in [7, 11) is -3.15. The Balaban J connectivity index is 1.72. The number of nitrogens with zero attached hydrogens (tertiary/aromatic N) is 1. The predicted octanol–water partition coefficient (Wildman–Crippen LogP) is 16.1. The molecule has 7 rings (SSSR count). The lowest BCUT2D eigenvalue weighted by molar-refractivity contribution is 0.443. The van der Waals surface area contributed by atoms with E-state index in [2.05, 4.69) is 225 Å². The Bertz CT molecular complexity index is 2610. The van der Waals surface area contributed by atoms with Crippen LogP contribution in [0.15, 0.2) is 103 Å². The monoisotopic (exact) mass is 954 g/mol. The van der Waals surface area contributed by atoms with Gasteiger partial charge in [0.1, 0.15) is 0 Å². The first-order valence-corrected chi connectivity index (χ1v) is 29.9. The van der Waals surface area contributed by atoms with E-state index in [-0.39, 0.29) is 5.41 Å². The summed E-state index contributed by atoms with van der Waals surface area (Å²) in [6.45, 7) is 38.4. The van der Waals surface area contributed by atoms with Gasteiger partial charge in [0.2, 0.25) is 0 Å². The summed E-state index contributed by atoms with van der Waals surface area (Å²) in [5.74, 6) is 3.31. The van der Waals surface area contributed by atoms with Gasteiger partial charge >= 0.3 is 0 Å². The molecule has 1 nitrogen and oxygen atoms in total. The zero-order valence-corrected chi connectivity index (χ0v) is 47.6. The zero-order valence-electron chi connectivity index (χ0n) is 45.8. The van der Waals surface area contributed by atoms with Crippen LogP contribution in [0, 0.1) is 42.4 Å². The third-order valence-electron chi connectivity index (χ3n) is 14.9. The Morgan fingerprint density at radius 1 is 0.493 bits per heavy atom. The molecule has 0 spiro atoms. The van der Waals surface area contributed by atoms with Gasteiger partial charge in [-0.2, -0.15) is 0 Å². The molecule has 0 bridgehead atoms. The van der Waals surface area contributed by atoms with Gasteiger partial charge in [-0.25, -0.2) is 0 Å². The Labute approximate surface area is 425 Å². The van der Waals surface area contributed by atoms with E-state index in [9.17, 15) is 0 Å². The molecule has 2 aromatic heterocycles. The van der Waals surface area contributed by atoms with Crippen LogP contribution in [0.4, 0.5) is 0 Å². The smallest absolute Gasteiger partial charge is 0.191 e. The average Bonchev–Trinajstić information content (AvgIpc) is 3.60. The molecule has 0 fully saturated rings. The van der Waals surface area contributed by atoms with Gasteiger partial charge in [0, 0.05) is 16.3 Å². The molecule has 0 saturated heterocycles. The number of hydrogen-bond donors (Lipinski definition) is 0. The fourth-order valence-corrected chi connectivity index (χ4v) is 19.6. The highest BCUT2D eigenvalue weighted by Crippen LogP contribution is 2.41. The molecular formula is C66H87NSSi. The van der Waals surface area contributed by atoms with E-state index >= 15 is 0 Å². The molecule has 2 heterocycles. The molecule has 0 unspecified atom stereocenters. The van der Waals surface area contributed by atoms with Crippen LogP contribution in [0.1, 0.15) is 161 Å². The number of thiophene rings is 1. The summed E-state index contributed by atoms with van der Waals surface area (Å²) in [5.41, 5.74) is 14.2. The van der Waals surface area contributed by atoms with Gasteiger partial charge in [-0.15, -0.1) is 11.3 Å². The molecule has 69 heavy (non-hydrogen) atoms. The molecule has 7 aromatic rings.